The van der Waals surface area contributed by atoms with Gasteiger partial charge in [0, 0.05) is 12.1 Å². The first kappa shape index (κ1) is 12.9. The Morgan fingerprint density at radius 3 is 2.40 bits per heavy atom. The van der Waals surface area contributed by atoms with E-state index >= 15 is 0 Å². The standard InChI is InChI=1S/C17H19N3/c1-17(2,3)16(13-7-5-4-6-8-13)14-9-10-15-19-18-12-20(15)11-14/h4-12,16H,1-3H3. The van der Waals surface area contributed by atoms with Crippen molar-refractivity contribution in [3.8, 4) is 0 Å². The van der Waals surface area contributed by atoms with Gasteiger partial charge in [-0.15, -0.1) is 10.2 Å². The lowest BCUT2D eigenvalue weighted by molar-refractivity contribution is 0.358. The van der Waals surface area contributed by atoms with E-state index < -0.39 is 0 Å². The van der Waals surface area contributed by atoms with Crippen molar-refractivity contribution in [1.82, 2.24) is 14.6 Å². The van der Waals surface area contributed by atoms with Gasteiger partial charge in [-0.2, -0.15) is 0 Å². The van der Waals surface area contributed by atoms with Crippen LogP contribution in [0.5, 0.6) is 0 Å². The zero-order valence-corrected chi connectivity index (χ0v) is 12.1. The van der Waals surface area contributed by atoms with Gasteiger partial charge in [-0.25, -0.2) is 0 Å². The van der Waals surface area contributed by atoms with Gasteiger partial charge in [-0.3, -0.25) is 4.40 Å². The first-order chi connectivity index (χ1) is 9.55. The second-order valence-corrected chi connectivity index (χ2v) is 6.27. The molecule has 3 heteroatoms. The molecule has 0 saturated carbocycles. The summed E-state index contributed by atoms with van der Waals surface area (Å²) in [6.45, 7) is 6.84. The molecule has 0 saturated heterocycles. The summed E-state index contributed by atoms with van der Waals surface area (Å²) in [7, 11) is 0. The molecule has 0 aliphatic carbocycles. The zero-order valence-electron chi connectivity index (χ0n) is 12.1. The molecule has 3 aromatic rings. The predicted molar refractivity (Wildman–Crippen MR) is 80.7 cm³/mol. The van der Waals surface area contributed by atoms with E-state index in [0.29, 0.717) is 5.92 Å². The van der Waals surface area contributed by atoms with Crippen LogP contribution in [-0.2, 0) is 0 Å². The number of aromatic nitrogens is 3. The molecule has 0 bridgehead atoms. The van der Waals surface area contributed by atoms with E-state index in [1.165, 1.54) is 11.1 Å². The molecule has 1 atom stereocenters. The summed E-state index contributed by atoms with van der Waals surface area (Å²) < 4.78 is 1.98. The molecule has 3 rings (SSSR count). The van der Waals surface area contributed by atoms with Crippen molar-refractivity contribution in [3.05, 3.63) is 66.1 Å². The molecule has 1 aromatic carbocycles. The van der Waals surface area contributed by atoms with Crippen LogP contribution in [-0.4, -0.2) is 14.6 Å². The van der Waals surface area contributed by atoms with E-state index in [1.54, 1.807) is 6.33 Å². The van der Waals surface area contributed by atoms with Gasteiger partial charge in [-0.05, 0) is 22.6 Å². The third kappa shape index (κ3) is 2.31. The number of benzene rings is 1. The first-order valence-corrected chi connectivity index (χ1v) is 6.90. The first-order valence-electron chi connectivity index (χ1n) is 6.90. The fourth-order valence-corrected chi connectivity index (χ4v) is 2.85. The molecule has 0 radical (unpaired) electrons. The normalized spacial score (nSPS) is 13.6. The molecule has 0 fully saturated rings. The maximum absolute atomic E-state index is 4.07. The lowest BCUT2D eigenvalue weighted by Gasteiger charge is -2.31. The largest absolute Gasteiger partial charge is 0.289 e. The zero-order chi connectivity index (χ0) is 14.2. The second-order valence-electron chi connectivity index (χ2n) is 6.27. The van der Waals surface area contributed by atoms with E-state index in [2.05, 4.69) is 73.6 Å². The lowest BCUT2D eigenvalue weighted by Crippen LogP contribution is -2.20. The summed E-state index contributed by atoms with van der Waals surface area (Å²) in [4.78, 5) is 0. The highest BCUT2D eigenvalue weighted by Gasteiger charge is 2.28. The molecule has 102 valence electrons. The van der Waals surface area contributed by atoms with E-state index in [9.17, 15) is 0 Å². The van der Waals surface area contributed by atoms with Crippen LogP contribution < -0.4 is 0 Å². The monoisotopic (exact) mass is 265 g/mol. The Balaban J connectivity index is 2.14. The van der Waals surface area contributed by atoms with Crippen LogP contribution in [0, 0.1) is 5.41 Å². The fraction of sp³-hybridized carbons (Fsp3) is 0.294. The maximum Gasteiger partial charge on any atom is 0.160 e. The van der Waals surface area contributed by atoms with Crippen LogP contribution in [0.3, 0.4) is 0 Å². The number of rotatable bonds is 2. The van der Waals surface area contributed by atoms with Crippen molar-refractivity contribution in [2.45, 2.75) is 26.7 Å². The molecule has 1 unspecified atom stereocenters. The third-order valence-electron chi connectivity index (χ3n) is 3.65. The minimum absolute atomic E-state index is 0.142. The van der Waals surface area contributed by atoms with Gasteiger partial charge in [-0.1, -0.05) is 57.2 Å². The summed E-state index contributed by atoms with van der Waals surface area (Å²) in [6.07, 6.45) is 3.89. The van der Waals surface area contributed by atoms with Crippen molar-refractivity contribution >= 4 is 5.65 Å². The maximum atomic E-state index is 4.07. The molecule has 0 aliphatic rings. The van der Waals surface area contributed by atoms with Crippen molar-refractivity contribution in [1.29, 1.82) is 0 Å². The highest BCUT2D eigenvalue weighted by atomic mass is 15.2. The molecule has 0 aliphatic heterocycles. The minimum atomic E-state index is 0.142. The number of hydrogen-bond donors (Lipinski definition) is 0. The summed E-state index contributed by atoms with van der Waals surface area (Å²) in [6, 6.07) is 14.9. The molecule has 0 N–H and O–H groups in total. The van der Waals surface area contributed by atoms with E-state index in [-0.39, 0.29) is 5.41 Å². The van der Waals surface area contributed by atoms with Gasteiger partial charge in [0.15, 0.2) is 5.65 Å². The van der Waals surface area contributed by atoms with E-state index in [1.807, 2.05) is 10.5 Å². The van der Waals surface area contributed by atoms with Crippen molar-refractivity contribution < 1.29 is 0 Å². The average Bonchev–Trinajstić information content (AvgIpc) is 2.86. The summed E-state index contributed by atoms with van der Waals surface area (Å²) in [5.41, 5.74) is 3.65. The van der Waals surface area contributed by atoms with Crippen LogP contribution in [0.1, 0.15) is 37.8 Å². The Bertz CT molecular complexity index is 708. The van der Waals surface area contributed by atoms with Crippen LogP contribution in [0.15, 0.2) is 55.0 Å². The topological polar surface area (TPSA) is 30.2 Å². The molecule has 0 amide bonds. The highest BCUT2D eigenvalue weighted by Crippen LogP contribution is 2.40. The molecular weight excluding hydrogens is 246 g/mol. The number of hydrogen-bond acceptors (Lipinski definition) is 2. The van der Waals surface area contributed by atoms with Gasteiger partial charge in [0.2, 0.25) is 0 Å². The van der Waals surface area contributed by atoms with Crippen LogP contribution in [0.2, 0.25) is 0 Å². The number of pyridine rings is 1. The van der Waals surface area contributed by atoms with Crippen molar-refractivity contribution in [2.24, 2.45) is 5.41 Å². The third-order valence-corrected chi connectivity index (χ3v) is 3.65. The Morgan fingerprint density at radius 2 is 1.70 bits per heavy atom. The SMILES string of the molecule is CC(C)(C)C(c1ccccc1)c1ccc2nncn2c1. The molecule has 0 spiro atoms. The highest BCUT2D eigenvalue weighted by molar-refractivity contribution is 5.42. The quantitative estimate of drug-likeness (QED) is 0.703. The van der Waals surface area contributed by atoms with Crippen LogP contribution in [0.4, 0.5) is 0 Å². The van der Waals surface area contributed by atoms with E-state index in [4.69, 9.17) is 0 Å². The Morgan fingerprint density at radius 1 is 0.950 bits per heavy atom. The minimum Gasteiger partial charge on any atom is -0.289 e. The van der Waals surface area contributed by atoms with Gasteiger partial charge in [0.1, 0.15) is 6.33 Å². The Hall–Kier alpha value is -2.16. The number of fused-ring (bicyclic) bond motifs is 1. The summed E-state index contributed by atoms with van der Waals surface area (Å²) in [5.74, 6) is 0.343. The van der Waals surface area contributed by atoms with Crippen LogP contribution >= 0.6 is 0 Å². The molecule has 20 heavy (non-hydrogen) atoms. The summed E-state index contributed by atoms with van der Waals surface area (Å²) >= 11 is 0. The van der Waals surface area contributed by atoms with Gasteiger partial charge in [0.25, 0.3) is 0 Å². The van der Waals surface area contributed by atoms with Crippen LogP contribution in [0.25, 0.3) is 5.65 Å². The van der Waals surface area contributed by atoms with Gasteiger partial charge >= 0.3 is 0 Å². The second kappa shape index (κ2) is 4.75. The van der Waals surface area contributed by atoms with Gasteiger partial charge < -0.3 is 0 Å². The molecule has 2 heterocycles. The summed E-state index contributed by atoms with van der Waals surface area (Å²) in [5, 5.41) is 8.02. The molecular formula is C17H19N3. The number of nitrogens with zero attached hydrogens (tertiary/aromatic N) is 3. The molecule has 3 nitrogen and oxygen atoms in total. The fourth-order valence-electron chi connectivity index (χ4n) is 2.85. The van der Waals surface area contributed by atoms with Crippen molar-refractivity contribution in [3.63, 3.8) is 0 Å². The Kier molecular flexibility index (Phi) is 3.05. The van der Waals surface area contributed by atoms with Gasteiger partial charge in [0.05, 0.1) is 0 Å². The average molecular weight is 265 g/mol. The molecule has 2 aromatic heterocycles. The lowest BCUT2D eigenvalue weighted by atomic mass is 9.73. The van der Waals surface area contributed by atoms with Crippen molar-refractivity contribution in [2.75, 3.05) is 0 Å². The Labute approximate surface area is 119 Å². The predicted octanol–water partition coefficient (Wildman–Crippen LogP) is 3.91. The van der Waals surface area contributed by atoms with E-state index in [0.717, 1.165) is 5.65 Å². The smallest absolute Gasteiger partial charge is 0.160 e.